The third kappa shape index (κ3) is 2.15. The van der Waals surface area contributed by atoms with Crippen LogP contribution in [0.5, 0.6) is 0 Å². The molecule has 4 nitrogen and oxygen atoms in total. The summed E-state index contributed by atoms with van der Waals surface area (Å²) in [5.41, 5.74) is 4.86. The Labute approximate surface area is 130 Å². The summed E-state index contributed by atoms with van der Waals surface area (Å²) in [6, 6.07) is 10.4. The number of para-hydroxylation sites is 1. The van der Waals surface area contributed by atoms with Crippen LogP contribution in [0.3, 0.4) is 0 Å². The van der Waals surface area contributed by atoms with Gasteiger partial charge in [-0.15, -0.1) is 0 Å². The maximum absolute atomic E-state index is 13.0. The van der Waals surface area contributed by atoms with Crippen molar-refractivity contribution in [3.8, 4) is 0 Å². The number of hydrogen-bond acceptors (Lipinski definition) is 2. The fourth-order valence-electron chi connectivity index (χ4n) is 3.64. The summed E-state index contributed by atoms with van der Waals surface area (Å²) in [6.45, 7) is 1.62. The second kappa shape index (κ2) is 5.29. The number of amides is 1. The molecule has 0 bridgehead atoms. The van der Waals surface area contributed by atoms with Gasteiger partial charge in [0.15, 0.2) is 0 Å². The van der Waals surface area contributed by atoms with Crippen molar-refractivity contribution in [3.05, 3.63) is 53.3 Å². The monoisotopic (exact) mass is 295 g/mol. The molecule has 1 atom stereocenters. The minimum atomic E-state index is -0.0293. The van der Waals surface area contributed by atoms with Crippen LogP contribution in [0.15, 0.2) is 36.5 Å². The highest BCUT2D eigenvalue weighted by Gasteiger charge is 2.31. The van der Waals surface area contributed by atoms with Crippen molar-refractivity contribution in [2.24, 2.45) is 7.05 Å². The predicted octanol–water partition coefficient (Wildman–Crippen LogP) is 2.21. The molecular formula is C18H21N3O. The zero-order valence-corrected chi connectivity index (χ0v) is 12.9. The lowest BCUT2D eigenvalue weighted by Crippen LogP contribution is -2.43. The Morgan fingerprint density at radius 1 is 1.23 bits per heavy atom. The van der Waals surface area contributed by atoms with E-state index in [0.717, 1.165) is 31.5 Å². The van der Waals surface area contributed by atoms with Crippen molar-refractivity contribution in [2.45, 2.75) is 31.8 Å². The van der Waals surface area contributed by atoms with E-state index in [-0.39, 0.29) is 11.9 Å². The highest BCUT2D eigenvalue weighted by atomic mass is 16.2. The summed E-state index contributed by atoms with van der Waals surface area (Å²) < 4.78 is 2.17. The Hall–Kier alpha value is -2.07. The molecular weight excluding hydrogens is 274 g/mol. The number of carbonyl (C=O) groups excluding carboxylic acids is 1. The average molecular weight is 295 g/mol. The van der Waals surface area contributed by atoms with E-state index < -0.39 is 0 Å². The Morgan fingerprint density at radius 3 is 2.91 bits per heavy atom. The molecule has 4 heteroatoms. The van der Waals surface area contributed by atoms with Gasteiger partial charge in [-0.3, -0.25) is 4.79 Å². The Bertz CT molecular complexity index is 713. The predicted molar refractivity (Wildman–Crippen MR) is 86.9 cm³/mol. The minimum Gasteiger partial charge on any atom is -0.354 e. The molecule has 22 heavy (non-hydrogen) atoms. The van der Waals surface area contributed by atoms with Crippen molar-refractivity contribution < 1.29 is 4.79 Å². The molecule has 1 unspecified atom stereocenters. The molecule has 0 aliphatic carbocycles. The number of benzene rings is 1. The number of aromatic nitrogens is 1. The highest BCUT2D eigenvalue weighted by molar-refractivity contribution is 5.98. The van der Waals surface area contributed by atoms with Crippen LogP contribution in [0.2, 0.25) is 0 Å². The molecule has 1 saturated heterocycles. The van der Waals surface area contributed by atoms with Gasteiger partial charge in [-0.05, 0) is 42.6 Å². The van der Waals surface area contributed by atoms with Gasteiger partial charge in [0.05, 0.1) is 12.6 Å². The molecule has 0 saturated carbocycles. The summed E-state index contributed by atoms with van der Waals surface area (Å²) >= 11 is 0. The molecule has 0 radical (unpaired) electrons. The molecule has 0 spiro atoms. The Kier molecular flexibility index (Phi) is 3.26. The average Bonchev–Trinajstić information content (AvgIpc) is 3.14. The SMILES string of the molecule is Cn1ccc2c1Cc1ccccc1N(C(=O)C1CCCN1)C2. The van der Waals surface area contributed by atoms with E-state index in [1.54, 1.807) is 0 Å². The fraction of sp³-hybridized carbons (Fsp3) is 0.389. The largest absolute Gasteiger partial charge is 0.354 e. The topological polar surface area (TPSA) is 37.3 Å². The molecule has 3 heterocycles. The van der Waals surface area contributed by atoms with Crippen LogP contribution in [0, 0.1) is 0 Å². The first-order chi connectivity index (χ1) is 10.7. The molecule has 1 amide bonds. The number of hydrogen-bond donors (Lipinski definition) is 1. The molecule has 1 aromatic heterocycles. The lowest BCUT2D eigenvalue weighted by molar-refractivity contribution is -0.120. The van der Waals surface area contributed by atoms with Gasteiger partial charge in [-0.2, -0.15) is 0 Å². The van der Waals surface area contributed by atoms with Crippen LogP contribution in [0.1, 0.15) is 29.7 Å². The number of nitrogens with one attached hydrogen (secondary N) is 1. The van der Waals surface area contributed by atoms with Gasteiger partial charge >= 0.3 is 0 Å². The quantitative estimate of drug-likeness (QED) is 0.876. The summed E-state index contributed by atoms with van der Waals surface area (Å²) in [4.78, 5) is 15.0. The van der Waals surface area contributed by atoms with Crippen molar-refractivity contribution in [3.63, 3.8) is 0 Å². The first-order valence-electron chi connectivity index (χ1n) is 8.00. The van der Waals surface area contributed by atoms with Crippen molar-refractivity contribution >= 4 is 11.6 Å². The molecule has 1 fully saturated rings. The molecule has 114 valence electrons. The van der Waals surface area contributed by atoms with E-state index >= 15 is 0 Å². The van der Waals surface area contributed by atoms with E-state index in [4.69, 9.17) is 0 Å². The van der Waals surface area contributed by atoms with Crippen molar-refractivity contribution in [2.75, 3.05) is 11.4 Å². The first-order valence-corrected chi connectivity index (χ1v) is 8.00. The molecule has 4 rings (SSSR count). The van der Waals surface area contributed by atoms with Gasteiger partial charge in [0.25, 0.3) is 0 Å². The molecule has 2 aromatic rings. The second-order valence-corrected chi connectivity index (χ2v) is 6.28. The summed E-state index contributed by atoms with van der Waals surface area (Å²) in [6.07, 6.45) is 5.01. The van der Waals surface area contributed by atoms with Crippen molar-refractivity contribution in [1.29, 1.82) is 0 Å². The van der Waals surface area contributed by atoms with Crippen LogP contribution in [-0.2, 0) is 24.8 Å². The van der Waals surface area contributed by atoms with Crippen LogP contribution < -0.4 is 10.2 Å². The van der Waals surface area contributed by atoms with Gasteiger partial charge in [0.1, 0.15) is 0 Å². The standard InChI is InChI=1S/C18H21N3O/c1-20-10-8-14-12-21(18(22)15-6-4-9-19-15)16-7-3-2-5-13(16)11-17(14)20/h2-3,5,7-8,10,15,19H,4,6,9,11-12H2,1H3. The van der Waals surface area contributed by atoms with Crippen LogP contribution in [0.25, 0.3) is 0 Å². The highest BCUT2D eigenvalue weighted by Crippen LogP contribution is 2.31. The van der Waals surface area contributed by atoms with Gasteiger partial charge in [0.2, 0.25) is 5.91 Å². The number of anilines is 1. The number of carbonyl (C=O) groups is 1. The third-order valence-corrected chi connectivity index (χ3v) is 4.89. The molecule has 1 aromatic carbocycles. The molecule has 2 aliphatic heterocycles. The van der Waals surface area contributed by atoms with E-state index in [9.17, 15) is 4.79 Å². The Morgan fingerprint density at radius 2 is 2.09 bits per heavy atom. The van der Waals surface area contributed by atoms with Crippen LogP contribution in [0.4, 0.5) is 5.69 Å². The van der Waals surface area contributed by atoms with E-state index in [1.807, 2.05) is 11.0 Å². The first kappa shape index (κ1) is 13.6. The maximum atomic E-state index is 13.0. The molecule has 1 N–H and O–H groups in total. The smallest absolute Gasteiger partial charge is 0.244 e. The van der Waals surface area contributed by atoms with E-state index in [2.05, 4.69) is 47.4 Å². The summed E-state index contributed by atoms with van der Waals surface area (Å²) in [7, 11) is 2.08. The van der Waals surface area contributed by atoms with E-state index in [0.29, 0.717) is 6.54 Å². The maximum Gasteiger partial charge on any atom is 0.244 e. The van der Waals surface area contributed by atoms with Gasteiger partial charge in [-0.25, -0.2) is 0 Å². The van der Waals surface area contributed by atoms with E-state index in [1.165, 1.54) is 16.8 Å². The Balaban J connectivity index is 1.78. The number of rotatable bonds is 1. The lowest BCUT2D eigenvalue weighted by Gasteiger charge is -2.26. The van der Waals surface area contributed by atoms with Crippen molar-refractivity contribution in [1.82, 2.24) is 9.88 Å². The lowest BCUT2D eigenvalue weighted by atomic mass is 10.1. The third-order valence-electron chi connectivity index (χ3n) is 4.89. The fourth-order valence-corrected chi connectivity index (χ4v) is 3.64. The van der Waals surface area contributed by atoms with Crippen LogP contribution >= 0.6 is 0 Å². The van der Waals surface area contributed by atoms with Gasteiger partial charge < -0.3 is 14.8 Å². The summed E-state index contributed by atoms with van der Waals surface area (Å²) in [5, 5.41) is 3.34. The normalized spacial score (nSPS) is 20.4. The minimum absolute atomic E-state index is 0.0293. The number of fused-ring (bicyclic) bond motifs is 2. The summed E-state index contributed by atoms with van der Waals surface area (Å²) in [5.74, 6) is 0.210. The number of nitrogens with zero attached hydrogens (tertiary/aromatic N) is 2. The zero-order chi connectivity index (χ0) is 15.1. The zero-order valence-electron chi connectivity index (χ0n) is 12.9. The number of aryl methyl sites for hydroxylation is 1. The molecule has 2 aliphatic rings. The second-order valence-electron chi connectivity index (χ2n) is 6.28. The van der Waals surface area contributed by atoms with Gasteiger partial charge in [-0.1, -0.05) is 18.2 Å². The van der Waals surface area contributed by atoms with Crippen LogP contribution in [-0.4, -0.2) is 23.1 Å². The van der Waals surface area contributed by atoms with Gasteiger partial charge in [0, 0.05) is 31.0 Å².